The fraction of sp³-hybridized carbons (Fsp3) is 0. The maximum atomic E-state index is 5.90. The fourth-order valence-corrected chi connectivity index (χ4v) is 1.49. The van der Waals surface area contributed by atoms with Crippen molar-refractivity contribution in [2.75, 3.05) is 0 Å². The number of aromatic nitrogens is 1. The van der Waals surface area contributed by atoms with E-state index in [1.54, 1.807) is 18.5 Å². The summed E-state index contributed by atoms with van der Waals surface area (Å²) in [5.74, 6) is 0. The van der Waals surface area contributed by atoms with E-state index in [9.17, 15) is 0 Å². The largest absolute Gasteiger partial charge is 0.256 e. The van der Waals surface area contributed by atoms with Gasteiger partial charge in [-0.3, -0.25) is 4.99 Å². The van der Waals surface area contributed by atoms with Crippen LogP contribution in [0.4, 0.5) is 0 Å². The number of nitrogens with zero attached hydrogens (tertiary/aromatic N) is 2. The molecule has 0 bridgehead atoms. The molecule has 1 aliphatic rings. The predicted molar refractivity (Wildman–Crippen MR) is 49.9 cm³/mol. The van der Waals surface area contributed by atoms with Gasteiger partial charge in [0.05, 0.1) is 16.3 Å². The lowest BCUT2D eigenvalue weighted by Crippen LogP contribution is -2.04. The van der Waals surface area contributed by atoms with Crippen molar-refractivity contribution < 1.29 is 0 Å². The Bertz CT molecular complexity index is 362. The SMILES string of the molecule is Clc1ccnc(Cl)c1C1=NC=C1. The highest BCUT2D eigenvalue weighted by Gasteiger charge is 2.13. The normalized spacial score (nSPS) is 14.0. The highest BCUT2D eigenvalue weighted by Crippen LogP contribution is 2.25. The molecule has 0 unspecified atom stereocenters. The topological polar surface area (TPSA) is 25.2 Å². The van der Waals surface area contributed by atoms with Crippen LogP contribution in [0.2, 0.25) is 10.2 Å². The number of rotatable bonds is 1. The Hall–Kier alpha value is -0.860. The van der Waals surface area contributed by atoms with Gasteiger partial charge in [0.1, 0.15) is 5.15 Å². The van der Waals surface area contributed by atoms with Gasteiger partial charge in [-0.2, -0.15) is 0 Å². The summed E-state index contributed by atoms with van der Waals surface area (Å²) in [7, 11) is 0. The van der Waals surface area contributed by atoms with Crippen molar-refractivity contribution in [1.82, 2.24) is 4.98 Å². The van der Waals surface area contributed by atoms with Gasteiger partial charge in [0.15, 0.2) is 0 Å². The summed E-state index contributed by atoms with van der Waals surface area (Å²) in [4.78, 5) is 7.90. The van der Waals surface area contributed by atoms with Gasteiger partial charge < -0.3 is 0 Å². The third kappa shape index (κ3) is 1.13. The molecule has 0 N–H and O–H groups in total. The van der Waals surface area contributed by atoms with Gasteiger partial charge in [-0.25, -0.2) is 4.98 Å². The standard InChI is InChI=1S/C8H4Cl2N2/c9-5-1-3-12-8(10)7(5)6-2-4-11-6/h1-4H. The summed E-state index contributed by atoms with van der Waals surface area (Å²) in [6.07, 6.45) is 5.10. The molecule has 0 atom stereocenters. The van der Waals surface area contributed by atoms with Gasteiger partial charge in [0, 0.05) is 12.4 Å². The molecule has 2 nitrogen and oxygen atoms in total. The first-order valence-corrected chi connectivity index (χ1v) is 4.09. The van der Waals surface area contributed by atoms with Gasteiger partial charge in [-0.15, -0.1) is 0 Å². The average Bonchev–Trinajstić information content (AvgIpc) is 1.93. The Kier molecular flexibility index (Phi) is 1.87. The zero-order chi connectivity index (χ0) is 8.55. The molecule has 0 fully saturated rings. The van der Waals surface area contributed by atoms with Crippen LogP contribution in [-0.4, -0.2) is 10.7 Å². The van der Waals surface area contributed by atoms with E-state index in [0.29, 0.717) is 15.7 Å². The van der Waals surface area contributed by atoms with Gasteiger partial charge in [0.2, 0.25) is 0 Å². The quantitative estimate of drug-likeness (QED) is 0.638. The van der Waals surface area contributed by atoms with Crippen LogP contribution in [0.3, 0.4) is 0 Å². The number of hydrogen-bond acceptors (Lipinski definition) is 2. The smallest absolute Gasteiger partial charge is 0.139 e. The molecule has 1 aromatic heterocycles. The van der Waals surface area contributed by atoms with Crippen molar-refractivity contribution in [3.8, 4) is 0 Å². The lowest BCUT2D eigenvalue weighted by atomic mass is 10.1. The zero-order valence-electron chi connectivity index (χ0n) is 5.96. The van der Waals surface area contributed by atoms with Crippen LogP contribution in [0.1, 0.15) is 5.56 Å². The van der Waals surface area contributed by atoms with Crippen LogP contribution in [-0.2, 0) is 0 Å². The van der Waals surface area contributed by atoms with Crippen molar-refractivity contribution in [2.45, 2.75) is 0 Å². The molecule has 1 aromatic rings. The third-order valence-corrected chi connectivity index (χ3v) is 2.16. The Morgan fingerprint density at radius 1 is 1.25 bits per heavy atom. The molecule has 0 aromatic carbocycles. The van der Waals surface area contributed by atoms with Crippen molar-refractivity contribution in [1.29, 1.82) is 0 Å². The van der Waals surface area contributed by atoms with Crippen molar-refractivity contribution >= 4 is 28.9 Å². The summed E-state index contributed by atoms with van der Waals surface area (Å²) in [5.41, 5.74) is 1.50. The molecule has 0 saturated carbocycles. The van der Waals surface area contributed by atoms with E-state index >= 15 is 0 Å². The summed E-state index contributed by atoms with van der Waals surface area (Å²) in [6, 6.07) is 1.69. The van der Waals surface area contributed by atoms with Crippen molar-refractivity contribution in [2.24, 2.45) is 4.99 Å². The molecule has 4 heteroatoms. The maximum absolute atomic E-state index is 5.90. The molecule has 0 spiro atoms. The highest BCUT2D eigenvalue weighted by molar-refractivity contribution is 6.40. The minimum atomic E-state index is 0.394. The second-order valence-electron chi connectivity index (χ2n) is 2.29. The zero-order valence-corrected chi connectivity index (χ0v) is 7.47. The second kappa shape index (κ2) is 2.88. The molecule has 0 aliphatic carbocycles. The van der Waals surface area contributed by atoms with Crippen LogP contribution >= 0.6 is 23.2 Å². The minimum absolute atomic E-state index is 0.394. The molecular weight excluding hydrogens is 195 g/mol. The molecule has 2 rings (SSSR count). The first-order valence-electron chi connectivity index (χ1n) is 3.34. The van der Waals surface area contributed by atoms with Gasteiger partial charge in [-0.1, -0.05) is 23.2 Å². The van der Waals surface area contributed by atoms with Crippen LogP contribution in [0, 0.1) is 0 Å². The van der Waals surface area contributed by atoms with E-state index in [1.165, 1.54) is 0 Å². The molecular formula is C8H4Cl2N2. The summed E-state index contributed by atoms with van der Waals surface area (Å²) < 4.78 is 0. The average molecular weight is 199 g/mol. The maximum Gasteiger partial charge on any atom is 0.139 e. The first kappa shape index (κ1) is 7.77. The molecule has 0 radical (unpaired) electrons. The van der Waals surface area contributed by atoms with Crippen LogP contribution < -0.4 is 0 Å². The third-order valence-electron chi connectivity index (χ3n) is 1.56. The lowest BCUT2D eigenvalue weighted by Gasteiger charge is -2.08. The Labute approximate surface area is 79.6 Å². The van der Waals surface area contributed by atoms with E-state index in [1.807, 2.05) is 6.08 Å². The number of hydrogen-bond donors (Lipinski definition) is 0. The Balaban J connectivity index is 2.54. The van der Waals surface area contributed by atoms with Crippen LogP contribution in [0.25, 0.3) is 0 Å². The van der Waals surface area contributed by atoms with E-state index in [-0.39, 0.29) is 0 Å². The second-order valence-corrected chi connectivity index (χ2v) is 3.05. The van der Waals surface area contributed by atoms with Crippen molar-refractivity contribution in [3.05, 3.63) is 40.3 Å². The number of allylic oxidation sites excluding steroid dienone is 1. The molecule has 1 aliphatic heterocycles. The minimum Gasteiger partial charge on any atom is -0.256 e. The summed E-state index contributed by atoms with van der Waals surface area (Å²) in [5, 5.41) is 0.976. The molecule has 12 heavy (non-hydrogen) atoms. The Morgan fingerprint density at radius 3 is 2.50 bits per heavy atom. The van der Waals surface area contributed by atoms with Gasteiger partial charge >= 0.3 is 0 Å². The number of halogens is 2. The number of aliphatic imine (C=N–C) groups is 1. The van der Waals surface area contributed by atoms with Gasteiger partial charge in [-0.05, 0) is 12.1 Å². The van der Waals surface area contributed by atoms with Crippen LogP contribution in [0.5, 0.6) is 0 Å². The van der Waals surface area contributed by atoms with E-state index < -0.39 is 0 Å². The first-order chi connectivity index (χ1) is 5.79. The Morgan fingerprint density at radius 2 is 2.00 bits per heavy atom. The monoisotopic (exact) mass is 198 g/mol. The van der Waals surface area contributed by atoms with E-state index in [0.717, 1.165) is 5.71 Å². The van der Waals surface area contributed by atoms with E-state index in [4.69, 9.17) is 23.2 Å². The van der Waals surface area contributed by atoms with Crippen LogP contribution in [0.15, 0.2) is 29.5 Å². The lowest BCUT2D eigenvalue weighted by molar-refractivity contribution is 1.31. The molecule has 0 amide bonds. The molecule has 0 saturated heterocycles. The van der Waals surface area contributed by atoms with E-state index in [2.05, 4.69) is 9.98 Å². The molecule has 2 heterocycles. The summed E-state index contributed by atoms with van der Waals surface area (Å²) in [6.45, 7) is 0. The predicted octanol–water partition coefficient (Wildman–Crippen LogP) is 2.70. The fourth-order valence-electron chi connectivity index (χ4n) is 0.940. The van der Waals surface area contributed by atoms with Gasteiger partial charge in [0.25, 0.3) is 0 Å². The van der Waals surface area contributed by atoms with Crippen molar-refractivity contribution in [3.63, 3.8) is 0 Å². The highest BCUT2D eigenvalue weighted by atomic mass is 35.5. The number of pyridine rings is 1. The summed E-state index contributed by atoms with van der Waals surface area (Å²) >= 11 is 11.7. The molecule has 60 valence electrons.